The van der Waals surface area contributed by atoms with E-state index in [9.17, 15) is 13.2 Å². The highest BCUT2D eigenvalue weighted by molar-refractivity contribution is 9.10. The van der Waals surface area contributed by atoms with Crippen LogP contribution in [0.15, 0.2) is 58.2 Å². The summed E-state index contributed by atoms with van der Waals surface area (Å²) in [6, 6.07) is 9.82. The third kappa shape index (κ3) is 4.43. The van der Waals surface area contributed by atoms with E-state index in [1.807, 2.05) is 28.9 Å². The molecule has 1 aliphatic rings. The molecule has 2 aromatic heterocycles. The highest BCUT2D eigenvalue weighted by Gasteiger charge is 2.24. The lowest BCUT2D eigenvalue weighted by atomic mass is 10.2. The highest BCUT2D eigenvalue weighted by atomic mass is 79.9. The van der Waals surface area contributed by atoms with Crippen molar-refractivity contribution in [1.82, 2.24) is 19.4 Å². The molecule has 1 fully saturated rings. The number of nitrogens with one attached hydrogen (secondary N) is 2. The van der Waals surface area contributed by atoms with Crippen LogP contribution in [0.1, 0.15) is 28.9 Å². The molecule has 0 aliphatic heterocycles. The molecule has 1 amide bonds. The van der Waals surface area contributed by atoms with Crippen LogP contribution in [0.2, 0.25) is 0 Å². The molecular formula is C19H19BrN4O3S. The van der Waals surface area contributed by atoms with Crippen LogP contribution >= 0.6 is 15.9 Å². The largest absolute Gasteiger partial charge is 0.346 e. The molecule has 9 heteroatoms. The number of aromatic nitrogens is 2. The number of pyridine rings is 1. The van der Waals surface area contributed by atoms with Gasteiger partial charge in [0.05, 0.1) is 17.1 Å². The van der Waals surface area contributed by atoms with Gasteiger partial charge >= 0.3 is 0 Å². The predicted molar refractivity (Wildman–Crippen MR) is 108 cm³/mol. The second-order valence-corrected chi connectivity index (χ2v) is 9.53. The van der Waals surface area contributed by atoms with Crippen molar-refractivity contribution < 1.29 is 13.2 Å². The molecule has 3 aromatic rings. The van der Waals surface area contributed by atoms with Gasteiger partial charge < -0.3 is 9.72 Å². The van der Waals surface area contributed by atoms with Gasteiger partial charge in [0.2, 0.25) is 10.0 Å². The molecule has 0 spiro atoms. The summed E-state index contributed by atoms with van der Waals surface area (Å²) in [5.74, 6) is 0.0878. The first kappa shape index (κ1) is 19.1. The molecule has 1 aromatic carbocycles. The van der Waals surface area contributed by atoms with Crippen LogP contribution in [0.4, 0.5) is 0 Å². The quantitative estimate of drug-likeness (QED) is 0.564. The molecule has 0 unspecified atom stereocenters. The van der Waals surface area contributed by atoms with Gasteiger partial charge in [-0.1, -0.05) is 6.07 Å². The van der Waals surface area contributed by atoms with Gasteiger partial charge in [-0.05, 0) is 65.0 Å². The lowest BCUT2D eigenvalue weighted by molar-refractivity contribution is 0.0950. The van der Waals surface area contributed by atoms with Crippen LogP contribution < -0.4 is 10.0 Å². The van der Waals surface area contributed by atoms with E-state index >= 15 is 0 Å². The summed E-state index contributed by atoms with van der Waals surface area (Å²) in [7, 11) is -3.61. The first-order chi connectivity index (χ1) is 13.4. The molecule has 0 saturated heterocycles. The number of carbonyl (C=O) groups excluding carboxylic acids is 1. The zero-order valence-corrected chi connectivity index (χ0v) is 17.3. The Morgan fingerprint density at radius 3 is 2.82 bits per heavy atom. The molecule has 0 bridgehead atoms. The number of nitrogens with zero attached hydrogens (tertiary/aromatic N) is 2. The fourth-order valence-electron chi connectivity index (χ4n) is 2.81. The Balaban J connectivity index is 1.43. The topological polar surface area (TPSA) is 92.6 Å². The summed E-state index contributed by atoms with van der Waals surface area (Å²) in [6.45, 7) is 0.692. The number of hydrogen-bond acceptors (Lipinski definition) is 4. The van der Waals surface area contributed by atoms with Crippen LogP contribution in [0.5, 0.6) is 0 Å². The van der Waals surface area contributed by atoms with Crippen LogP contribution in [-0.2, 0) is 16.6 Å². The Hall–Kier alpha value is -2.23. The number of carbonyl (C=O) groups is 1. The first-order valence-electron chi connectivity index (χ1n) is 8.92. The van der Waals surface area contributed by atoms with Crippen molar-refractivity contribution in [2.45, 2.75) is 24.3 Å². The minimum absolute atomic E-state index is 0.0957. The number of rotatable bonds is 7. The van der Waals surface area contributed by atoms with Crippen molar-refractivity contribution in [2.75, 3.05) is 6.54 Å². The summed E-state index contributed by atoms with van der Waals surface area (Å²) in [6.07, 6.45) is 5.84. The number of fused-ring (bicyclic) bond motifs is 1. The Morgan fingerprint density at radius 1 is 1.21 bits per heavy atom. The summed E-state index contributed by atoms with van der Waals surface area (Å²) >= 11 is 3.41. The average molecular weight is 463 g/mol. The monoisotopic (exact) mass is 462 g/mol. The molecule has 1 saturated carbocycles. The van der Waals surface area contributed by atoms with E-state index in [-0.39, 0.29) is 17.3 Å². The zero-order valence-electron chi connectivity index (χ0n) is 14.9. The van der Waals surface area contributed by atoms with E-state index < -0.39 is 10.0 Å². The van der Waals surface area contributed by atoms with Crippen molar-refractivity contribution in [3.05, 3.63) is 64.5 Å². The SMILES string of the molecule is O=C(NCc1cn2cc(Br)ccc2n1)c1cccc(S(=O)(=O)NCC2CC2)c1. The maximum Gasteiger partial charge on any atom is 0.251 e. The second kappa shape index (κ2) is 7.65. The Morgan fingerprint density at radius 2 is 2.04 bits per heavy atom. The van der Waals surface area contributed by atoms with Crippen LogP contribution in [0, 0.1) is 5.92 Å². The average Bonchev–Trinajstić information content (AvgIpc) is 3.43. The van der Waals surface area contributed by atoms with Crippen molar-refractivity contribution >= 4 is 37.5 Å². The van der Waals surface area contributed by atoms with E-state index in [4.69, 9.17) is 0 Å². The summed E-state index contributed by atoms with van der Waals surface area (Å²) in [5.41, 5.74) is 1.78. The molecule has 0 radical (unpaired) electrons. The molecule has 1 aliphatic carbocycles. The van der Waals surface area contributed by atoms with Gasteiger partial charge in [-0.2, -0.15) is 0 Å². The normalized spacial score (nSPS) is 14.3. The van der Waals surface area contributed by atoms with Gasteiger partial charge in [-0.3, -0.25) is 4.79 Å². The zero-order chi connectivity index (χ0) is 19.7. The van der Waals surface area contributed by atoms with Crippen molar-refractivity contribution in [3.8, 4) is 0 Å². The van der Waals surface area contributed by atoms with E-state index in [0.29, 0.717) is 23.7 Å². The maximum absolute atomic E-state index is 12.5. The van der Waals surface area contributed by atoms with Crippen LogP contribution in [0.3, 0.4) is 0 Å². The lowest BCUT2D eigenvalue weighted by Crippen LogP contribution is -2.27. The number of benzene rings is 1. The van der Waals surface area contributed by atoms with E-state index in [0.717, 1.165) is 23.0 Å². The maximum atomic E-state index is 12.5. The highest BCUT2D eigenvalue weighted by Crippen LogP contribution is 2.28. The van der Waals surface area contributed by atoms with Crippen LogP contribution in [-0.4, -0.2) is 30.3 Å². The summed E-state index contributed by atoms with van der Waals surface area (Å²) < 4.78 is 30.2. The standard InChI is InChI=1S/C19H19BrN4O3S/c20-15-6-7-18-23-16(12-24(18)11-15)10-21-19(25)14-2-1-3-17(8-14)28(26,27)22-9-13-4-5-13/h1-3,6-8,11-13,22H,4-5,9-10H2,(H,21,25). The van der Waals surface area contributed by atoms with E-state index in [2.05, 4.69) is 31.0 Å². The van der Waals surface area contributed by atoms with Gasteiger partial charge in [-0.15, -0.1) is 0 Å². The number of imidazole rings is 1. The second-order valence-electron chi connectivity index (χ2n) is 6.85. The molecule has 2 heterocycles. The minimum Gasteiger partial charge on any atom is -0.346 e. The third-order valence-corrected chi connectivity index (χ3v) is 6.45. The van der Waals surface area contributed by atoms with Gasteiger partial charge in [0.1, 0.15) is 5.65 Å². The molecule has 0 atom stereocenters. The molecular weight excluding hydrogens is 444 g/mol. The number of amides is 1. The summed E-state index contributed by atoms with van der Waals surface area (Å²) in [5, 5.41) is 2.79. The molecule has 4 rings (SSSR count). The molecule has 7 nitrogen and oxygen atoms in total. The summed E-state index contributed by atoms with van der Waals surface area (Å²) in [4.78, 5) is 17.0. The fraction of sp³-hybridized carbons (Fsp3) is 0.263. The molecule has 28 heavy (non-hydrogen) atoms. The van der Waals surface area contributed by atoms with Gasteiger partial charge in [0, 0.05) is 29.0 Å². The number of sulfonamides is 1. The van der Waals surface area contributed by atoms with Crippen molar-refractivity contribution in [2.24, 2.45) is 5.92 Å². The Kier molecular flexibility index (Phi) is 5.22. The van der Waals surface area contributed by atoms with Crippen molar-refractivity contribution in [1.29, 1.82) is 0 Å². The molecule has 146 valence electrons. The minimum atomic E-state index is -3.61. The first-order valence-corrected chi connectivity index (χ1v) is 11.2. The van der Waals surface area contributed by atoms with Crippen molar-refractivity contribution in [3.63, 3.8) is 0 Å². The predicted octanol–water partition coefficient (Wildman–Crippen LogP) is 2.72. The van der Waals surface area contributed by atoms with Gasteiger partial charge in [-0.25, -0.2) is 18.1 Å². The van der Waals surface area contributed by atoms with Gasteiger partial charge in [0.25, 0.3) is 5.91 Å². The smallest absolute Gasteiger partial charge is 0.251 e. The van der Waals surface area contributed by atoms with Gasteiger partial charge in [0.15, 0.2) is 0 Å². The van der Waals surface area contributed by atoms with E-state index in [1.165, 1.54) is 12.1 Å². The van der Waals surface area contributed by atoms with Crippen LogP contribution in [0.25, 0.3) is 5.65 Å². The Labute approximate surface area is 171 Å². The lowest BCUT2D eigenvalue weighted by Gasteiger charge is -2.08. The fourth-order valence-corrected chi connectivity index (χ4v) is 4.33. The number of halogens is 1. The number of hydrogen-bond donors (Lipinski definition) is 2. The third-order valence-electron chi connectivity index (χ3n) is 4.56. The van der Waals surface area contributed by atoms with E-state index in [1.54, 1.807) is 12.1 Å². The Bertz CT molecular complexity index is 1140. The molecule has 2 N–H and O–H groups in total.